The Kier molecular flexibility index (Phi) is 4.33. The molecular weight excluding hydrogens is 281 g/mol. The summed E-state index contributed by atoms with van der Waals surface area (Å²) in [6.07, 6.45) is -4.72. The molecule has 0 amide bonds. The fourth-order valence-corrected chi connectivity index (χ4v) is 1.75. The van der Waals surface area contributed by atoms with Gasteiger partial charge in [-0.2, -0.15) is 5.26 Å². The highest BCUT2D eigenvalue weighted by Crippen LogP contribution is 2.25. The maximum Gasteiger partial charge on any atom is 0.573 e. The Bertz CT molecular complexity index is 618. The number of para-hydroxylation sites is 1. The van der Waals surface area contributed by atoms with E-state index in [9.17, 15) is 18.4 Å². The molecule has 0 aliphatic carbocycles. The summed E-state index contributed by atoms with van der Waals surface area (Å²) in [6.45, 7) is 0. The van der Waals surface area contributed by atoms with Gasteiger partial charge < -0.3 is 10.1 Å². The first-order chi connectivity index (χ1) is 9.98. The molecule has 2 rings (SSSR count). The van der Waals surface area contributed by atoms with E-state index in [2.05, 4.69) is 16.1 Å². The lowest BCUT2D eigenvalue weighted by Crippen LogP contribution is -2.17. The first-order valence-corrected chi connectivity index (χ1v) is 6.05. The summed E-state index contributed by atoms with van der Waals surface area (Å²) in [5, 5.41) is 12.2. The van der Waals surface area contributed by atoms with Crippen LogP contribution >= 0.6 is 0 Å². The summed E-state index contributed by atoms with van der Waals surface area (Å²) in [5.74, 6) is -0.317. The van der Waals surface area contributed by atoms with Gasteiger partial charge in [0.25, 0.3) is 0 Å². The monoisotopic (exact) mass is 292 g/mol. The molecule has 6 heteroatoms. The molecule has 0 spiro atoms. The van der Waals surface area contributed by atoms with E-state index in [4.69, 9.17) is 0 Å². The highest BCUT2D eigenvalue weighted by atomic mass is 19.4. The van der Waals surface area contributed by atoms with Gasteiger partial charge in [0.15, 0.2) is 0 Å². The number of anilines is 1. The quantitative estimate of drug-likeness (QED) is 0.915. The maximum absolute atomic E-state index is 12.1. The summed E-state index contributed by atoms with van der Waals surface area (Å²) >= 11 is 0. The van der Waals surface area contributed by atoms with Crippen LogP contribution in [0.4, 0.5) is 18.9 Å². The Labute approximate surface area is 119 Å². The van der Waals surface area contributed by atoms with Crippen molar-refractivity contribution < 1.29 is 17.9 Å². The number of rotatable bonds is 4. The number of nitrogens with zero attached hydrogens (tertiary/aromatic N) is 1. The number of benzene rings is 2. The van der Waals surface area contributed by atoms with Gasteiger partial charge in [0.05, 0.1) is 6.07 Å². The van der Waals surface area contributed by atoms with Crippen molar-refractivity contribution in [3.63, 3.8) is 0 Å². The lowest BCUT2D eigenvalue weighted by molar-refractivity contribution is -0.274. The van der Waals surface area contributed by atoms with Gasteiger partial charge in [-0.25, -0.2) is 0 Å². The molecule has 0 saturated heterocycles. The van der Waals surface area contributed by atoms with Crippen LogP contribution in [0.1, 0.15) is 11.6 Å². The molecule has 3 nitrogen and oxygen atoms in total. The number of nitrogens with one attached hydrogen (secondary N) is 1. The largest absolute Gasteiger partial charge is 0.573 e. The third-order valence-electron chi connectivity index (χ3n) is 2.66. The standard InChI is InChI=1S/C15H11F3N2O/c16-15(17,18)21-13-8-6-11(7-9-13)14(10-19)20-12-4-2-1-3-5-12/h1-9,14,20H. The number of halogens is 3. The Morgan fingerprint density at radius 1 is 1.00 bits per heavy atom. The van der Waals surface area contributed by atoms with E-state index >= 15 is 0 Å². The van der Waals surface area contributed by atoms with Crippen LogP contribution in [-0.2, 0) is 0 Å². The van der Waals surface area contributed by atoms with Gasteiger partial charge in [-0.15, -0.1) is 13.2 Å². The minimum absolute atomic E-state index is 0.317. The highest BCUT2D eigenvalue weighted by molar-refractivity contribution is 5.47. The zero-order chi connectivity index (χ0) is 15.3. The van der Waals surface area contributed by atoms with Gasteiger partial charge in [0.2, 0.25) is 0 Å². The van der Waals surface area contributed by atoms with Crippen molar-refractivity contribution in [2.45, 2.75) is 12.4 Å². The molecule has 1 N–H and O–H groups in total. The lowest BCUT2D eigenvalue weighted by atomic mass is 10.1. The highest BCUT2D eigenvalue weighted by Gasteiger charge is 2.31. The van der Waals surface area contributed by atoms with Crippen LogP contribution in [0, 0.1) is 11.3 Å². The molecule has 2 aromatic rings. The van der Waals surface area contributed by atoms with E-state index in [1.165, 1.54) is 24.3 Å². The molecule has 0 saturated carbocycles. The molecule has 0 fully saturated rings. The molecule has 0 bridgehead atoms. The van der Waals surface area contributed by atoms with Crippen LogP contribution in [0.2, 0.25) is 0 Å². The summed E-state index contributed by atoms with van der Waals surface area (Å²) < 4.78 is 40.0. The topological polar surface area (TPSA) is 45.0 Å². The molecule has 0 heterocycles. The average Bonchev–Trinajstić information content (AvgIpc) is 2.45. The second kappa shape index (κ2) is 6.18. The molecule has 2 aromatic carbocycles. The molecule has 0 radical (unpaired) electrons. The van der Waals surface area contributed by atoms with Crippen molar-refractivity contribution >= 4 is 5.69 Å². The van der Waals surface area contributed by atoms with Gasteiger partial charge in [-0.3, -0.25) is 0 Å². The fraction of sp³-hybridized carbons (Fsp3) is 0.133. The number of hydrogen-bond acceptors (Lipinski definition) is 3. The molecular formula is C15H11F3N2O. The first-order valence-electron chi connectivity index (χ1n) is 6.05. The summed E-state index contributed by atoms with van der Waals surface area (Å²) in [6, 6.07) is 15.7. The summed E-state index contributed by atoms with van der Waals surface area (Å²) in [5.41, 5.74) is 1.30. The summed E-state index contributed by atoms with van der Waals surface area (Å²) in [7, 11) is 0. The second-order valence-electron chi connectivity index (χ2n) is 4.19. The number of hydrogen-bond donors (Lipinski definition) is 1. The maximum atomic E-state index is 12.1. The van der Waals surface area contributed by atoms with E-state index in [1.54, 1.807) is 12.1 Å². The van der Waals surface area contributed by atoms with Gasteiger partial charge in [0, 0.05) is 5.69 Å². The van der Waals surface area contributed by atoms with E-state index in [0.29, 0.717) is 5.56 Å². The van der Waals surface area contributed by atoms with Crippen molar-refractivity contribution in [1.82, 2.24) is 0 Å². The average molecular weight is 292 g/mol. The predicted molar refractivity (Wildman–Crippen MR) is 71.5 cm³/mol. The Balaban J connectivity index is 2.11. The SMILES string of the molecule is N#CC(Nc1ccccc1)c1ccc(OC(F)(F)F)cc1. The number of ether oxygens (including phenoxy) is 1. The summed E-state index contributed by atoms with van der Waals surface area (Å²) in [4.78, 5) is 0. The Morgan fingerprint density at radius 2 is 1.62 bits per heavy atom. The molecule has 0 aromatic heterocycles. The molecule has 0 aliphatic rings. The Hall–Kier alpha value is -2.68. The fourth-order valence-electron chi connectivity index (χ4n) is 1.75. The predicted octanol–water partition coefficient (Wildman–Crippen LogP) is 4.26. The van der Waals surface area contributed by atoms with Crippen LogP contribution in [0.5, 0.6) is 5.75 Å². The van der Waals surface area contributed by atoms with Crippen molar-refractivity contribution in [3.8, 4) is 11.8 Å². The zero-order valence-electron chi connectivity index (χ0n) is 10.8. The lowest BCUT2D eigenvalue weighted by Gasteiger charge is -2.14. The van der Waals surface area contributed by atoms with Gasteiger partial charge in [0.1, 0.15) is 11.8 Å². The van der Waals surface area contributed by atoms with Gasteiger partial charge in [-0.1, -0.05) is 30.3 Å². The minimum Gasteiger partial charge on any atom is -0.406 e. The molecule has 108 valence electrons. The van der Waals surface area contributed by atoms with Crippen LogP contribution in [0.3, 0.4) is 0 Å². The second-order valence-corrected chi connectivity index (χ2v) is 4.19. The Morgan fingerprint density at radius 3 is 2.14 bits per heavy atom. The molecule has 1 atom stereocenters. The van der Waals surface area contributed by atoms with Crippen molar-refractivity contribution in [3.05, 3.63) is 60.2 Å². The van der Waals surface area contributed by atoms with Crippen molar-refractivity contribution in [1.29, 1.82) is 5.26 Å². The molecule has 21 heavy (non-hydrogen) atoms. The van der Waals surface area contributed by atoms with Crippen molar-refractivity contribution in [2.24, 2.45) is 0 Å². The molecule has 0 aliphatic heterocycles. The first kappa shape index (κ1) is 14.7. The van der Waals surface area contributed by atoms with Crippen LogP contribution < -0.4 is 10.1 Å². The van der Waals surface area contributed by atoms with Crippen LogP contribution in [0.25, 0.3) is 0 Å². The van der Waals surface area contributed by atoms with E-state index in [-0.39, 0.29) is 5.75 Å². The van der Waals surface area contributed by atoms with E-state index < -0.39 is 12.4 Å². The zero-order valence-corrected chi connectivity index (χ0v) is 10.8. The third kappa shape index (κ3) is 4.42. The van der Waals surface area contributed by atoms with Gasteiger partial charge in [-0.05, 0) is 29.8 Å². The number of nitriles is 1. The van der Waals surface area contributed by atoms with Crippen LogP contribution in [-0.4, -0.2) is 6.36 Å². The third-order valence-corrected chi connectivity index (χ3v) is 2.66. The van der Waals surface area contributed by atoms with Gasteiger partial charge >= 0.3 is 6.36 Å². The van der Waals surface area contributed by atoms with E-state index in [0.717, 1.165) is 5.69 Å². The number of alkyl halides is 3. The van der Waals surface area contributed by atoms with E-state index in [1.807, 2.05) is 18.2 Å². The smallest absolute Gasteiger partial charge is 0.406 e. The minimum atomic E-state index is -4.72. The van der Waals surface area contributed by atoms with Crippen LogP contribution in [0.15, 0.2) is 54.6 Å². The van der Waals surface area contributed by atoms with Crippen molar-refractivity contribution in [2.75, 3.05) is 5.32 Å². The normalized spacial score (nSPS) is 12.3. The molecule has 1 unspecified atom stereocenters.